The van der Waals surface area contributed by atoms with Gasteiger partial charge in [0.2, 0.25) is 0 Å². The number of hydrogen-bond acceptors (Lipinski definition) is 5. The molecular formula is C14H17N3O2S. The summed E-state index contributed by atoms with van der Waals surface area (Å²) in [6, 6.07) is 9.86. The van der Waals surface area contributed by atoms with E-state index in [1.165, 1.54) is 0 Å². The average Bonchev–Trinajstić information content (AvgIpc) is 2.46. The van der Waals surface area contributed by atoms with Crippen LogP contribution < -0.4 is 10.6 Å². The third-order valence-corrected chi connectivity index (χ3v) is 5.25. The van der Waals surface area contributed by atoms with Crippen molar-refractivity contribution in [2.45, 2.75) is 6.54 Å². The van der Waals surface area contributed by atoms with Gasteiger partial charge >= 0.3 is 0 Å². The highest BCUT2D eigenvalue weighted by Crippen LogP contribution is 2.27. The lowest BCUT2D eigenvalue weighted by Crippen LogP contribution is -2.40. The smallest absolute Gasteiger partial charge is 0.153 e. The number of fused-ring (bicyclic) bond motifs is 1. The molecule has 0 aliphatic carbocycles. The first-order chi connectivity index (χ1) is 9.59. The number of nitrogens with two attached hydrogens (primary N) is 1. The van der Waals surface area contributed by atoms with Crippen LogP contribution >= 0.6 is 0 Å². The van der Waals surface area contributed by atoms with Gasteiger partial charge in [0.25, 0.3) is 0 Å². The maximum atomic E-state index is 11.6. The van der Waals surface area contributed by atoms with Gasteiger partial charge in [-0.1, -0.05) is 18.2 Å². The molecule has 20 heavy (non-hydrogen) atoms. The van der Waals surface area contributed by atoms with Crippen molar-refractivity contribution in [2.75, 3.05) is 29.5 Å². The molecule has 1 aromatic heterocycles. The lowest BCUT2D eigenvalue weighted by Gasteiger charge is -2.30. The number of nitrogens with zero attached hydrogens (tertiary/aromatic N) is 2. The highest BCUT2D eigenvalue weighted by molar-refractivity contribution is 7.91. The fraction of sp³-hybridized carbons (Fsp3) is 0.357. The maximum Gasteiger partial charge on any atom is 0.153 e. The van der Waals surface area contributed by atoms with Crippen molar-refractivity contribution in [3.05, 3.63) is 36.0 Å². The summed E-state index contributed by atoms with van der Waals surface area (Å²) < 4.78 is 23.1. The van der Waals surface area contributed by atoms with Crippen LogP contribution in [0.4, 0.5) is 5.69 Å². The van der Waals surface area contributed by atoms with Gasteiger partial charge in [0, 0.05) is 30.7 Å². The predicted octanol–water partition coefficient (Wildman–Crippen LogP) is 0.928. The van der Waals surface area contributed by atoms with Gasteiger partial charge in [-0.3, -0.25) is 4.98 Å². The Labute approximate surface area is 118 Å². The highest BCUT2D eigenvalue weighted by Gasteiger charge is 2.23. The van der Waals surface area contributed by atoms with Gasteiger partial charge in [-0.25, -0.2) is 8.42 Å². The second kappa shape index (κ2) is 5.03. The van der Waals surface area contributed by atoms with Crippen LogP contribution in [0.25, 0.3) is 10.9 Å². The van der Waals surface area contributed by atoms with Gasteiger partial charge in [-0.05, 0) is 12.1 Å². The molecule has 0 spiro atoms. The number of pyridine rings is 1. The minimum atomic E-state index is -2.87. The SMILES string of the molecule is NCc1cc(N2CCS(=O)(=O)CC2)c2ccccc2n1. The van der Waals surface area contributed by atoms with E-state index >= 15 is 0 Å². The molecule has 3 rings (SSSR count). The quantitative estimate of drug-likeness (QED) is 0.890. The molecule has 0 saturated carbocycles. The van der Waals surface area contributed by atoms with Gasteiger partial charge in [0.05, 0.1) is 22.7 Å². The Kier molecular flexibility index (Phi) is 3.35. The van der Waals surface area contributed by atoms with Gasteiger partial charge in [0.15, 0.2) is 9.84 Å². The van der Waals surface area contributed by atoms with E-state index in [1.807, 2.05) is 30.3 Å². The fourth-order valence-corrected chi connectivity index (χ4v) is 3.73. The molecule has 6 heteroatoms. The Morgan fingerprint density at radius 3 is 2.60 bits per heavy atom. The zero-order chi connectivity index (χ0) is 14.2. The molecule has 106 valence electrons. The molecule has 0 unspecified atom stereocenters. The van der Waals surface area contributed by atoms with Crippen LogP contribution in [-0.4, -0.2) is 38.0 Å². The van der Waals surface area contributed by atoms with E-state index in [9.17, 15) is 8.42 Å². The minimum absolute atomic E-state index is 0.210. The van der Waals surface area contributed by atoms with Crippen molar-refractivity contribution in [1.29, 1.82) is 0 Å². The largest absolute Gasteiger partial charge is 0.369 e. The summed E-state index contributed by atoms with van der Waals surface area (Å²) in [5.41, 5.74) is 8.47. The normalized spacial score (nSPS) is 18.4. The van der Waals surface area contributed by atoms with Crippen LogP contribution in [0.5, 0.6) is 0 Å². The molecule has 2 heterocycles. The first-order valence-corrected chi connectivity index (χ1v) is 8.45. The number of sulfone groups is 1. The molecule has 1 aliphatic heterocycles. The molecule has 1 aliphatic rings. The highest BCUT2D eigenvalue weighted by atomic mass is 32.2. The Hall–Kier alpha value is -1.66. The predicted molar refractivity (Wildman–Crippen MR) is 80.5 cm³/mol. The Morgan fingerprint density at radius 2 is 1.90 bits per heavy atom. The lowest BCUT2D eigenvalue weighted by molar-refractivity contribution is 0.587. The van der Waals surface area contributed by atoms with Crippen LogP contribution in [0.2, 0.25) is 0 Å². The van der Waals surface area contributed by atoms with E-state index in [0.29, 0.717) is 19.6 Å². The number of aromatic nitrogens is 1. The van der Waals surface area contributed by atoms with E-state index in [2.05, 4.69) is 9.88 Å². The average molecular weight is 291 g/mol. The summed E-state index contributed by atoms with van der Waals surface area (Å²) in [6.07, 6.45) is 0. The molecule has 0 amide bonds. The van der Waals surface area contributed by atoms with Crippen molar-refractivity contribution in [3.63, 3.8) is 0 Å². The van der Waals surface area contributed by atoms with Crippen molar-refractivity contribution in [3.8, 4) is 0 Å². The first-order valence-electron chi connectivity index (χ1n) is 6.63. The molecule has 0 atom stereocenters. The standard InChI is InChI=1S/C14H17N3O2S/c15-10-11-9-14(12-3-1-2-4-13(12)16-11)17-5-7-20(18,19)8-6-17/h1-4,9H,5-8,10,15H2. The Morgan fingerprint density at radius 1 is 1.20 bits per heavy atom. The lowest BCUT2D eigenvalue weighted by atomic mass is 10.1. The number of benzene rings is 1. The molecule has 2 aromatic rings. The number of anilines is 1. The summed E-state index contributed by atoms with van der Waals surface area (Å²) in [4.78, 5) is 6.62. The van der Waals surface area contributed by atoms with Gasteiger partial charge in [0.1, 0.15) is 0 Å². The second-order valence-electron chi connectivity index (χ2n) is 4.99. The van der Waals surface area contributed by atoms with E-state index < -0.39 is 9.84 Å². The van der Waals surface area contributed by atoms with Crippen molar-refractivity contribution in [1.82, 2.24) is 4.98 Å². The number of rotatable bonds is 2. The minimum Gasteiger partial charge on any atom is -0.369 e. The molecule has 0 radical (unpaired) electrons. The van der Waals surface area contributed by atoms with Crippen LogP contribution in [0.1, 0.15) is 5.69 Å². The fourth-order valence-electron chi connectivity index (χ4n) is 2.53. The number of para-hydroxylation sites is 1. The zero-order valence-electron chi connectivity index (χ0n) is 11.1. The van der Waals surface area contributed by atoms with Crippen LogP contribution in [-0.2, 0) is 16.4 Å². The van der Waals surface area contributed by atoms with Crippen LogP contribution in [0, 0.1) is 0 Å². The molecule has 1 saturated heterocycles. The van der Waals surface area contributed by atoms with Crippen LogP contribution in [0.15, 0.2) is 30.3 Å². The van der Waals surface area contributed by atoms with Crippen LogP contribution in [0.3, 0.4) is 0 Å². The molecule has 1 fully saturated rings. The molecule has 1 aromatic carbocycles. The number of hydrogen-bond donors (Lipinski definition) is 1. The second-order valence-corrected chi connectivity index (χ2v) is 7.30. The molecule has 2 N–H and O–H groups in total. The van der Waals surface area contributed by atoms with E-state index in [4.69, 9.17) is 5.73 Å². The third-order valence-electron chi connectivity index (χ3n) is 3.64. The van der Waals surface area contributed by atoms with Gasteiger partial charge < -0.3 is 10.6 Å². The summed E-state index contributed by atoms with van der Waals surface area (Å²) in [6.45, 7) is 1.44. The molecule has 0 bridgehead atoms. The maximum absolute atomic E-state index is 11.6. The van der Waals surface area contributed by atoms with Gasteiger partial charge in [-0.2, -0.15) is 0 Å². The van der Waals surface area contributed by atoms with Gasteiger partial charge in [-0.15, -0.1) is 0 Å². The Balaban J connectivity index is 2.06. The summed E-state index contributed by atoms with van der Waals surface area (Å²) in [5.74, 6) is 0.420. The summed E-state index contributed by atoms with van der Waals surface area (Å²) >= 11 is 0. The van der Waals surface area contributed by atoms with Crippen molar-refractivity contribution >= 4 is 26.4 Å². The summed E-state index contributed by atoms with van der Waals surface area (Å²) in [5, 5.41) is 1.05. The summed E-state index contributed by atoms with van der Waals surface area (Å²) in [7, 11) is -2.87. The molecule has 5 nitrogen and oxygen atoms in total. The van der Waals surface area contributed by atoms with Crippen molar-refractivity contribution < 1.29 is 8.42 Å². The van der Waals surface area contributed by atoms with E-state index in [1.54, 1.807) is 0 Å². The van der Waals surface area contributed by atoms with E-state index in [0.717, 1.165) is 22.3 Å². The Bertz CT molecular complexity index is 729. The molecular weight excluding hydrogens is 274 g/mol. The van der Waals surface area contributed by atoms with E-state index in [-0.39, 0.29) is 11.5 Å². The first kappa shape index (κ1) is 13.3. The van der Waals surface area contributed by atoms with Crippen molar-refractivity contribution in [2.24, 2.45) is 5.73 Å². The monoisotopic (exact) mass is 291 g/mol. The third kappa shape index (κ3) is 2.48. The zero-order valence-corrected chi connectivity index (χ0v) is 11.9. The topological polar surface area (TPSA) is 76.3 Å².